The number of aromatic nitrogens is 5. The molecule has 200 valence electrons. The average molecular weight is 540 g/mol. The van der Waals surface area contributed by atoms with Crippen LogP contribution >= 0.6 is 0 Å². The lowest BCUT2D eigenvalue weighted by molar-refractivity contribution is 0.0949. The summed E-state index contributed by atoms with van der Waals surface area (Å²) < 4.78 is 28.5. The Balaban J connectivity index is 1.28. The number of anilines is 2. The molecule has 0 saturated carbocycles. The fourth-order valence-corrected chi connectivity index (χ4v) is 4.27. The van der Waals surface area contributed by atoms with Crippen molar-refractivity contribution in [1.82, 2.24) is 29.8 Å². The van der Waals surface area contributed by atoms with Crippen LogP contribution in [-0.2, 0) is 20.0 Å². The fraction of sp³-hybridized carbons (Fsp3) is 0.143. The highest BCUT2D eigenvalue weighted by molar-refractivity contribution is 6.00. The average Bonchev–Trinajstić information content (AvgIpc) is 3.31. The maximum Gasteiger partial charge on any atom is 0.273 e. The molecule has 0 saturated heterocycles. The van der Waals surface area contributed by atoms with E-state index in [9.17, 15) is 18.8 Å². The molecule has 40 heavy (non-hydrogen) atoms. The van der Waals surface area contributed by atoms with E-state index in [1.54, 1.807) is 0 Å². The van der Waals surface area contributed by atoms with Gasteiger partial charge in [0.15, 0.2) is 28.8 Å². The number of nitrogen functional groups attached to an aromatic ring is 1. The van der Waals surface area contributed by atoms with Crippen LogP contribution in [0.5, 0.6) is 0 Å². The number of nitrogens with two attached hydrogens (primary N) is 1. The van der Waals surface area contributed by atoms with Gasteiger partial charge >= 0.3 is 0 Å². The van der Waals surface area contributed by atoms with Crippen LogP contribution in [0.3, 0.4) is 0 Å². The molecule has 0 spiro atoms. The van der Waals surface area contributed by atoms with Crippen molar-refractivity contribution in [3.8, 4) is 17.2 Å². The van der Waals surface area contributed by atoms with Crippen molar-refractivity contribution in [3.63, 3.8) is 0 Å². The van der Waals surface area contributed by atoms with Gasteiger partial charge in [-0.25, -0.2) is 28.7 Å². The second-order valence-corrected chi connectivity index (χ2v) is 8.98. The van der Waals surface area contributed by atoms with E-state index in [4.69, 9.17) is 5.73 Å². The van der Waals surface area contributed by atoms with E-state index in [1.165, 1.54) is 18.6 Å². The van der Waals surface area contributed by atoms with Crippen LogP contribution in [0.15, 0.2) is 61.2 Å². The van der Waals surface area contributed by atoms with Crippen LogP contribution in [0, 0.1) is 23.0 Å². The van der Waals surface area contributed by atoms with Gasteiger partial charge in [-0.2, -0.15) is 5.26 Å². The minimum absolute atomic E-state index is 0.0148. The minimum Gasteiger partial charge on any atom is -0.383 e. The maximum absolute atomic E-state index is 13.4. The number of rotatable bonds is 8. The summed E-state index contributed by atoms with van der Waals surface area (Å²) in [5, 5.41) is 15.8. The lowest BCUT2D eigenvalue weighted by Crippen LogP contribution is -2.28. The Morgan fingerprint density at radius 2 is 1.85 bits per heavy atom. The molecule has 0 atom stereocenters. The SMILES string of the molecule is Cn1cc(-c2ccc(CNc3ncc(C#N)nc3C(=O)NCCc3ccc(F)c(F)c3)cc2)c2c(N)ncnc21. The molecule has 3 heterocycles. The first-order valence-electron chi connectivity index (χ1n) is 12.2. The molecule has 0 aliphatic carbocycles. The summed E-state index contributed by atoms with van der Waals surface area (Å²) in [5.41, 5.74) is 10.1. The number of nitriles is 1. The van der Waals surface area contributed by atoms with E-state index in [0.29, 0.717) is 17.9 Å². The van der Waals surface area contributed by atoms with Crippen molar-refractivity contribution in [2.24, 2.45) is 7.05 Å². The standard InChI is InChI=1S/C28H23F2N9O/c1-39-14-20(23-25(32)36-15-37-27(23)39)18-5-2-17(3-6-18)12-34-26-24(38-19(11-31)13-35-26)28(40)33-9-8-16-4-7-21(29)22(30)10-16/h2-7,10,13-15H,8-9,12H2,1H3,(H,33,40)(H,34,35)(H2,32,36,37). The number of nitrogens with one attached hydrogen (secondary N) is 2. The lowest BCUT2D eigenvalue weighted by Gasteiger charge is -2.11. The normalized spacial score (nSPS) is 10.8. The Hall–Kier alpha value is -5.44. The summed E-state index contributed by atoms with van der Waals surface area (Å²) in [6.07, 6.45) is 4.94. The first kappa shape index (κ1) is 26.2. The third-order valence-electron chi connectivity index (χ3n) is 6.29. The molecule has 0 aliphatic heterocycles. The Kier molecular flexibility index (Phi) is 7.28. The molecule has 0 bridgehead atoms. The van der Waals surface area contributed by atoms with Crippen LogP contribution < -0.4 is 16.4 Å². The second-order valence-electron chi connectivity index (χ2n) is 8.98. The first-order chi connectivity index (χ1) is 19.3. The highest BCUT2D eigenvalue weighted by Gasteiger charge is 2.17. The van der Waals surface area contributed by atoms with Gasteiger partial charge in [-0.15, -0.1) is 0 Å². The molecule has 3 aromatic heterocycles. The van der Waals surface area contributed by atoms with Gasteiger partial charge in [0.2, 0.25) is 0 Å². The molecule has 12 heteroatoms. The molecule has 5 aromatic rings. The summed E-state index contributed by atoms with van der Waals surface area (Å²) in [7, 11) is 1.89. The topological polar surface area (TPSA) is 147 Å². The first-order valence-corrected chi connectivity index (χ1v) is 12.2. The number of benzene rings is 2. The van der Waals surface area contributed by atoms with Crippen LogP contribution in [0.2, 0.25) is 0 Å². The molecule has 1 amide bonds. The number of nitrogens with zero attached hydrogens (tertiary/aromatic N) is 6. The zero-order chi connectivity index (χ0) is 28.2. The van der Waals surface area contributed by atoms with Crippen molar-refractivity contribution in [2.45, 2.75) is 13.0 Å². The lowest BCUT2D eigenvalue weighted by atomic mass is 10.0. The third kappa shape index (κ3) is 5.39. The summed E-state index contributed by atoms with van der Waals surface area (Å²) in [4.78, 5) is 29.6. The molecule has 4 N–H and O–H groups in total. The number of aryl methyl sites for hydroxylation is 1. The molecular formula is C28H23F2N9O. The zero-order valence-corrected chi connectivity index (χ0v) is 21.3. The number of carbonyl (C=O) groups excluding carboxylic acids is 1. The number of halogens is 2. The van der Waals surface area contributed by atoms with Gasteiger partial charge in [-0.3, -0.25) is 4.79 Å². The van der Waals surface area contributed by atoms with E-state index < -0.39 is 17.5 Å². The number of amides is 1. The van der Waals surface area contributed by atoms with Crippen molar-refractivity contribution >= 4 is 28.6 Å². The van der Waals surface area contributed by atoms with Crippen molar-refractivity contribution in [3.05, 3.63) is 95.3 Å². The highest BCUT2D eigenvalue weighted by atomic mass is 19.2. The molecule has 0 fully saturated rings. The quantitative estimate of drug-likeness (QED) is 0.270. The van der Waals surface area contributed by atoms with Crippen molar-refractivity contribution < 1.29 is 13.6 Å². The molecular weight excluding hydrogens is 516 g/mol. The molecule has 10 nitrogen and oxygen atoms in total. The summed E-state index contributed by atoms with van der Waals surface area (Å²) in [6, 6.07) is 13.2. The van der Waals surface area contributed by atoms with Gasteiger partial charge in [0.05, 0.1) is 11.6 Å². The Bertz CT molecular complexity index is 1760. The predicted molar refractivity (Wildman–Crippen MR) is 145 cm³/mol. The van der Waals surface area contributed by atoms with Crippen molar-refractivity contribution in [1.29, 1.82) is 5.26 Å². The third-order valence-corrected chi connectivity index (χ3v) is 6.29. The largest absolute Gasteiger partial charge is 0.383 e. The monoisotopic (exact) mass is 539 g/mol. The number of fused-ring (bicyclic) bond motifs is 1. The van der Waals surface area contributed by atoms with E-state index in [2.05, 4.69) is 30.6 Å². The second kappa shape index (κ2) is 11.1. The van der Waals surface area contributed by atoms with Gasteiger partial charge in [0, 0.05) is 31.9 Å². The number of carbonyl (C=O) groups is 1. The minimum atomic E-state index is -0.953. The molecule has 5 rings (SSSR count). The fourth-order valence-electron chi connectivity index (χ4n) is 4.27. The number of hydrogen-bond acceptors (Lipinski definition) is 8. The van der Waals surface area contributed by atoms with Gasteiger partial charge in [-0.1, -0.05) is 30.3 Å². The maximum atomic E-state index is 13.4. The van der Waals surface area contributed by atoms with Crippen LogP contribution in [0.25, 0.3) is 22.2 Å². The molecule has 0 radical (unpaired) electrons. The number of hydrogen-bond donors (Lipinski definition) is 3. The smallest absolute Gasteiger partial charge is 0.273 e. The van der Waals surface area contributed by atoms with Gasteiger partial charge in [0.1, 0.15) is 23.9 Å². The summed E-state index contributed by atoms with van der Waals surface area (Å²) in [6.45, 7) is 0.476. The van der Waals surface area contributed by atoms with E-state index in [-0.39, 0.29) is 30.2 Å². The van der Waals surface area contributed by atoms with E-state index in [1.807, 2.05) is 48.1 Å². The van der Waals surface area contributed by atoms with Crippen LogP contribution in [0.4, 0.5) is 20.4 Å². The van der Waals surface area contributed by atoms with Crippen LogP contribution in [-0.4, -0.2) is 37.0 Å². The van der Waals surface area contributed by atoms with Gasteiger partial charge in [-0.05, 0) is 35.2 Å². The Morgan fingerprint density at radius 3 is 2.60 bits per heavy atom. The molecule has 2 aromatic carbocycles. The molecule has 0 aliphatic rings. The van der Waals surface area contributed by atoms with Gasteiger partial charge in [0.25, 0.3) is 5.91 Å². The zero-order valence-electron chi connectivity index (χ0n) is 21.3. The summed E-state index contributed by atoms with van der Waals surface area (Å²) >= 11 is 0. The highest BCUT2D eigenvalue weighted by Crippen LogP contribution is 2.32. The predicted octanol–water partition coefficient (Wildman–Crippen LogP) is 3.74. The van der Waals surface area contributed by atoms with Crippen LogP contribution in [0.1, 0.15) is 27.3 Å². The molecule has 0 unspecified atom stereocenters. The Labute approximate surface area is 227 Å². The Morgan fingerprint density at radius 1 is 1.07 bits per heavy atom. The van der Waals surface area contributed by atoms with Crippen molar-refractivity contribution in [2.75, 3.05) is 17.6 Å². The van der Waals surface area contributed by atoms with E-state index in [0.717, 1.165) is 39.9 Å². The van der Waals surface area contributed by atoms with Gasteiger partial charge < -0.3 is 20.9 Å². The van der Waals surface area contributed by atoms with E-state index >= 15 is 0 Å². The summed E-state index contributed by atoms with van der Waals surface area (Å²) in [5.74, 6) is -1.84.